The number of nitrogens with one attached hydrogen (secondary N) is 1. The average Bonchev–Trinajstić information content (AvgIpc) is 3.23. The minimum absolute atomic E-state index is 0.0183. The van der Waals surface area contributed by atoms with Crippen molar-refractivity contribution >= 4 is 23.2 Å². The third-order valence-electron chi connectivity index (χ3n) is 5.84. The fourth-order valence-electron chi connectivity index (χ4n) is 4.14. The molecule has 1 aliphatic rings. The highest BCUT2D eigenvalue weighted by atomic mass is 19.4. The molecule has 0 bridgehead atoms. The molecule has 0 spiro atoms. The van der Waals surface area contributed by atoms with Crippen molar-refractivity contribution in [2.45, 2.75) is 19.1 Å². The van der Waals surface area contributed by atoms with Crippen LogP contribution in [0.4, 0.5) is 24.5 Å². The molecule has 0 saturated carbocycles. The van der Waals surface area contributed by atoms with Crippen LogP contribution >= 0.6 is 0 Å². The number of hydrogen-bond acceptors (Lipinski definition) is 4. The van der Waals surface area contributed by atoms with Crippen LogP contribution in [-0.4, -0.2) is 34.7 Å². The maximum atomic E-state index is 13.1. The summed E-state index contributed by atoms with van der Waals surface area (Å²) in [5.41, 5.74) is 8.01. The Balaban J connectivity index is 1.64. The number of hydrogen-bond donors (Lipinski definition) is 2. The lowest BCUT2D eigenvalue weighted by Crippen LogP contribution is -2.38. The fraction of sp³-hybridized carbons (Fsp3) is 0.240. The Bertz CT molecular complexity index is 1250. The first-order valence-corrected chi connectivity index (χ1v) is 10.9. The van der Waals surface area contributed by atoms with Gasteiger partial charge in [0.25, 0.3) is 0 Å². The van der Waals surface area contributed by atoms with Crippen LogP contribution in [0.5, 0.6) is 0 Å². The van der Waals surface area contributed by atoms with Gasteiger partial charge in [-0.1, -0.05) is 18.7 Å². The van der Waals surface area contributed by atoms with Crippen LogP contribution in [0, 0.1) is 5.92 Å². The number of nitrogens with zero attached hydrogens (tertiary/aromatic N) is 3. The Kier molecular flexibility index (Phi) is 6.63. The minimum atomic E-state index is -4.42. The van der Waals surface area contributed by atoms with Gasteiger partial charge in [-0.25, -0.2) is 0 Å². The van der Waals surface area contributed by atoms with Crippen molar-refractivity contribution in [1.82, 2.24) is 15.1 Å². The molecular weight excluding hydrogens is 459 g/mol. The number of fused-ring (bicyclic) bond motifs is 1. The number of carbonyl (C=O) groups is 2. The normalized spacial score (nSPS) is 15.4. The van der Waals surface area contributed by atoms with E-state index in [1.54, 1.807) is 22.9 Å². The number of amides is 2. The second-order valence-electron chi connectivity index (χ2n) is 8.40. The Hall–Kier alpha value is -4.08. The second-order valence-corrected chi connectivity index (χ2v) is 8.40. The minimum Gasteiger partial charge on any atom is -0.366 e. The average molecular weight is 483 g/mol. The molecular formula is C25H24F3N5O2. The van der Waals surface area contributed by atoms with E-state index >= 15 is 0 Å². The van der Waals surface area contributed by atoms with Crippen molar-refractivity contribution in [1.29, 1.82) is 0 Å². The zero-order valence-corrected chi connectivity index (χ0v) is 18.8. The van der Waals surface area contributed by atoms with E-state index in [1.165, 1.54) is 18.2 Å². The lowest BCUT2D eigenvalue weighted by molar-refractivity contribution is -0.137. The first-order valence-electron chi connectivity index (χ1n) is 10.9. The molecule has 4 rings (SSSR count). The summed E-state index contributed by atoms with van der Waals surface area (Å²) in [5, 5.41) is 7.48. The number of benzene rings is 2. The van der Waals surface area contributed by atoms with Crippen LogP contribution in [0.25, 0.3) is 0 Å². The monoisotopic (exact) mass is 483 g/mol. The summed E-state index contributed by atoms with van der Waals surface area (Å²) >= 11 is 0. The Morgan fingerprint density at radius 1 is 1.20 bits per heavy atom. The van der Waals surface area contributed by atoms with Gasteiger partial charge in [0.2, 0.25) is 11.8 Å². The standard InChI is InChI=1S/C25H24F3N5O2/c1-2-23(34)30-12-17-11-21-22(33(14-17)20-8-6-19(7-9-20)25(26,27)28)15-32(31-21)13-16-4-3-5-18(10-16)24(29)35/h2-10,15,17H,1,11-14H2,(H2,29,35)(H,30,34). The molecule has 3 N–H and O–H groups in total. The summed E-state index contributed by atoms with van der Waals surface area (Å²) in [6, 6.07) is 11.9. The topological polar surface area (TPSA) is 93.2 Å². The molecule has 1 unspecified atom stereocenters. The summed E-state index contributed by atoms with van der Waals surface area (Å²) in [7, 11) is 0. The van der Waals surface area contributed by atoms with Crippen molar-refractivity contribution in [3.63, 3.8) is 0 Å². The molecule has 0 saturated heterocycles. The lowest BCUT2D eigenvalue weighted by Gasteiger charge is -2.33. The first kappa shape index (κ1) is 24.1. The highest BCUT2D eigenvalue weighted by Gasteiger charge is 2.32. The number of primary amides is 1. The van der Waals surface area contributed by atoms with Gasteiger partial charge >= 0.3 is 6.18 Å². The molecule has 10 heteroatoms. The predicted molar refractivity (Wildman–Crippen MR) is 125 cm³/mol. The summed E-state index contributed by atoms with van der Waals surface area (Å²) < 4.78 is 40.9. The van der Waals surface area contributed by atoms with Gasteiger partial charge in [0.1, 0.15) is 0 Å². The fourth-order valence-corrected chi connectivity index (χ4v) is 4.14. The van der Waals surface area contributed by atoms with E-state index in [2.05, 4.69) is 11.9 Å². The van der Waals surface area contributed by atoms with Crippen molar-refractivity contribution < 1.29 is 22.8 Å². The molecule has 35 heavy (non-hydrogen) atoms. The van der Waals surface area contributed by atoms with Crippen LogP contribution in [-0.2, 0) is 23.9 Å². The molecule has 3 aromatic rings. The van der Waals surface area contributed by atoms with E-state index in [1.807, 2.05) is 17.2 Å². The number of anilines is 2. The van der Waals surface area contributed by atoms with Crippen LogP contribution in [0.2, 0.25) is 0 Å². The molecule has 182 valence electrons. The second kappa shape index (κ2) is 9.65. The molecule has 2 heterocycles. The van der Waals surface area contributed by atoms with Crippen LogP contribution < -0.4 is 16.0 Å². The number of carbonyl (C=O) groups excluding carboxylic acids is 2. The van der Waals surface area contributed by atoms with Gasteiger partial charge in [-0.3, -0.25) is 14.3 Å². The molecule has 2 aromatic carbocycles. The van der Waals surface area contributed by atoms with Crippen molar-refractivity contribution in [2.24, 2.45) is 11.7 Å². The zero-order chi connectivity index (χ0) is 25.2. The van der Waals surface area contributed by atoms with Crippen LogP contribution in [0.1, 0.15) is 27.2 Å². The molecule has 1 aliphatic heterocycles. The zero-order valence-electron chi connectivity index (χ0n) is 18.8. The van der Waals surface area contributed by atoms with E-state index < -0.39 is 17.6 Å². The van der Waals surface area contributed by atoms with Crippen LogP contribution in [0.15, 0.2) is 67.4 Å². The van der Waals surface area contributed by atoms with E-state index in [4.69, 9.17) is 10.8 Å². The van der Waals surface area contributed by atoms with E-state index in [9.17, 15) is 22.8 Å². The number of nitrogens with two attached hydrogens (primary N) is 1. The third-order valence-corrected chi connectivity index (χ3v) is 5.84. The summed E-state index contributed by atoms with van der Waals surface area (Å²) in [6.07, 6.45) is -0.815. The predicted octanol–water partition coefficient (Wildman–Crippen LogP) is 3.66. The highest BCUT2D eigenvalue weighted by molar-refractivity contribution is 5.92. The molecule has 2 amide bonds. The number of halogens is 3. The number of rotatable bonds is 7. The molecule has 0 aliphatic carbocycles. The molecule has 1 aromatic heterocycles. The highest BCUT2D eigenvalue weighted by Crippen LogP contribution is 2.37. The largest absolute Gasteiger partial charge is 0.416 e. The van der Waals surface area contributed by atoms with Crippen molar-refractivity contribution in [2.75, 3.05) is 18.0 Å². The Morgan fingerprint density at radius 3 is 2.60 bits per heavy atom. The SMILES string of the molecule is C=CC(=O)NCC1Cc2nn(Cc3cccc(C(N)=O)c3)cc2N(c2ccc(C(F)(F)F)cc2)C1. The van der Waals surface area contributed by atoms with Crippen LogP contribution in [0.3, 0.4) is 0 Å². The smallest absolute Gasteiger partial charge is 0.366 e. The van der Waals surface area contributed by atoms with Gasteiger partial charge in [0.05, 0.1) is 23.5 Å². The van der Waals surface area contributed by atoms with Gasteiger partial charge < -0.3 is 16.0 Å². The Morgan fingerprint density at radius 2 is 1.94 bits per heavy atom. The van der Waals surface area contributed by atoms with Crippen molar-refractivity contribution in [3.05, 3.63) is 89.8 Å². The lowest BCUT2D eigenvalue weighted by atomic mass is 9.96. The quantitative estimate of drug-likeness (QED) is 0.502. The van der Waals surface area contributed by atoms with E-state index in [-0.39, 0.29) is 11.8 Å². The number of alkyl halides is 3. The maximum Gasteiger partial charge on any atom is 0.416 e. The summed E-state index contributed by atoms with van der Waals surface area (Å²) in [4.78, 5) is 25.1. The molecule has 1 atom stereocenters. The molecule has 0 radical (unpaired) electrons. The van der Waals surface area contributed by atoms with Gasteiger partial charge in [0, 0.05) is 30.5 Å². The van der Waals surface area contributed by atoms with Gasteiger partial charge in [0.15, 0.2) is 0 Å². The van der Waals surface area contributed by atoms with Gasteiger partial charge in [-0.2, -0.15) is 18.3 Å². The van der Waals surface area contributed by atoms with E-state index in [0.29, 0.717) is 37.3 Å². The van der Waals surface area contributed by atoms with Gasteiger partial charge in [-0.05, 0) is 60.4 Å². The summed E-state index contributed by atoms with van der Waals surface area (Å²) in [5.74, 6) is -0.837. The maximum absolute atomic E-state index is 13.1. The third kappa shape index (κ3) is 5.53. The Labute approximate surface area is 200 Å². The molecule has 0 fully saturated rings. The van der Waals surface area contributed by atoms with E-state index in [0.717, 1.165) is 29.1 Å². The summed E-state index contributed by atoms with van der Waals surface area (Å²) in [6.45, 7) is 4.69. The van der Waals surface area contributed by atoms with Crippen molar-refractivity contribution in [3.8, 4) is 0 Å². The first-order chi connectivity index (χ1) is 16.6. The number of aromatic nitrogens is 2. The molecule has 7 nitrogen and oxygen atoms in total. The van der Waals surface area contributed by atoms with Gasteiger partial charge in [-0.15, -0.1) is 0 Å².